The second-order valence-corrected chi connectivity index (χ2v) is 41.9. The zero-order valence-corrected chi connectivity index (χ0v) is 46.6. The van der Waals surface area contributed by atoms with Crippen molar-refractivity contribution in [3.63, 3.8) is 0 Å². The Bertz CT molecular complexity index is 1560. The van der Waals surface area contributed by atoms with Crippen LogP contribution in [0.1, 0.15) is 110 Å². The molecule has 8 nitrogen and oxygen atoms in total. The molecular weight excluding hydrogens is 842 g/mol. The average molecular weight is 934 g/mol. The van der Waals surface area contributed by atoms with Crippen molar-refractivity contribution in [1.82, 2.24) is 18.9 Å². The molecule has 0 radical (unpaired) electrons. The van der Waals surface area contributed by atoms with Gasteiger partial charge in [-0.3, -0.25) is 14.7 Å². The number of halogens is 2. The average Bonchev–Trinajstić information content (AvgIpc) is 3.88. The maximum absolute atomic E-state index is 6.98. The maximum Gasteiger partial charge on any atom is 1.00 e. The minimum atomic E-state index is -1.90. The van der Waals surface area contributed by atoms with Crippen LogP contribution in [0.5, 0.6) is 5.75 Å². The van der Waals surface area contributed by atoms with Crippen molar-refractivity contribution in [3.8, 4) is 5.75 Å². The molecule has 2 saturated heterocycles. The van der Waals surface area contributed by atoms with Crippen LogP contribution in [0.15, 0.2) is 58.2 Å². The van der Waals surface area contributed by atoms with E-state index >= 15 is 0 Å². The van der Waals surface area contributed by atoms with E-state index in [0.717, 1.165) is 50.8 Å². The number of aliphatic imine (C=N–C) groups is 2. The van der Waals surface area contributed by atoms with Crippen molar-refractivity contribution in [2.24, 2.45) is 9.98 Å². The van der Waals surface area contributed by atoms with Crippen LogP contribution < -0.4 is 23.3 Å². The Hall–Kier alpha value is -1.35. The third-order valence-electron chi connectivity index (χ3n) is 13.9. The predicted octanol–water partition coefficient (Wildman–Crippen LogP) is 10.0. The number of fused-ring (bicyclic) bond motifs is 2. The first-order valence-corrected chi connectivity index (χ1v) is 34.7. The summed E-state index contributed by atoms with van der Waals surface area (Å²) in [4.78, 5) is 14.5. The SMILES string of the molecule is CC(C)[Si](OC1=CC([Si](C)(C)N2CCCN3CCCN=C32)C=C1)(C(C)C)C(C)C.CC(C)[Si](Oc1cc[cH-]c1)(C(C)C)C(C)C.C[Si](C)(Cl)N1CCCN2CCCN=C21.F.[3HH].[Li+]. The number of hydrogen-bond acceptors (Lipinski definition) is 8. The summed E-state index contributed by atoms with van der Waals surface area (Å²) in [6, 6.07) is 8.26. The third-order valence-corrected chi connectivity index (χ3v) is 32.1. The zero-order valence-electron chi connectivity index (χ0n) is 41.9. The fourth-order valence-electron chi connectivity index (χ4n) is 11.0. The predicted molar refractivity (Wildman–Crippen MR) is 272 cm³/mol. The van der Waals surface area contributed by atoms with E-state index in [-0.39, 0.29) is 25.0 Å². The van der Waals surface area contributed by atoms with Crippen molar-refractivity contribution in [2.45, 2.75) is 174 Å². The van der Waals surface area contributed by atoms with E-state index in [2.05, 4.69) is 176 Å². The van der Waals surface area contributed by atoms with Gasteiger partial charge in [0.25, 0.3) is 15.9 Å². The summed E-state index contributed by atoms with van der Waals surface area (Å²) >= 11 is 6.49. The maximum atomic E-state index is 6.98. The second-order valence-electron chi connectivity index (χ2n) is 20.5. The molecule has 4 aliphatic heterocycles. The first-order chi connectivity index (χ1) is 27.6. The summed E-state index contributed by atoms with van der Waals surface area (Å²) in [7, 11) is -7.11. The normalized spacial score (nSPS) is 19.7. The van der Waals surface area contributed by atoms with Gasteiger partial charge in [-0.25, -0.2) is 0 Å². The van der Waals surface area contributed by atoms with Crippen LogP contribution in [0.3, 0.4) is 0 Å². The molecule has 346 valence electrons. The Labute approximate surface area is 395 Å². The minimum absolute atomic E-state index is 0. The van der Waals surface area contributed by atoms with Gasteiger partial charge in [-0.2, -0.15) is 18.2 Å². The molecule has 1 aliphatic carbocycles. The van der Waals surface area contributed by atoms with Crippen molar-refractivity contribution >= 4 is 55.4 Å². The number of rotatable bonds is 13. The molecule has 2 fully saturated rings. The number of guanidine groups is 2. The van der Waals surface area contributed by atoms with E-state index in [4.69, 9.17) is 24.9 Å². The van der Waals surface area contributed by atoms with Crippen LogP contribution in [0.25, 0.3) is 0 Å². The van der Waals surface area contributed by atoms with E-state index in [0.29, 0.717) is 38.8 Å². The largest absolute Gasteiger partial charge is 1.00 e. The van der Waals surface area contributed by atoms with Crippen LogP contribution >= 0.6 is 11.1 Å². The molecule has 0 amide bonds. The van der Waals surface area contributed by atoms with Gasteiger partial charge >= 0.3 is 18.9 Å². The number of allylic oxidation sites excluding steroid dienone is 3. The molecule has 0 aromatic heterocycles. The van der Waals surface area contributed by atoms with Gasteiger partial charge in [-0.05, 0) is 84.2 Å². The molecule has 5 aliphatic rings. The number of hydrogen-bond donors (Lipinski definition) is 0. The van der Waals surface area contributed by atoms with Gasteiger partial charge in [0, 0.05) is 59.3 Å². The molecule has 6 rings (SSSR count). The van der Waals surface area contributed by atoms with Crippen LogP contribution in [-0.4, -0.2) is 116 Å². The van der Waals surface area contributed by atoms with Gasteiger partial charge in [0.15, 0.2) is 20.2 Å². The van der Waals surface area contributed by atoms with E-state index in [1.807, 2.05) is 0 Å². The van der Waals surface area contributed by atoms with Crippen LogP contribution in [0.4, 0.5) is 4.70 Å². The summed E-state index contributed by atoms with van der Waals surface area (Å²) in [5, 5.41) is 0. The van der Waals surface area contributed by atoms with Crippen LogP contribution in [0, 0.1) is 0 Å². The molecule has 15 heteroatoms. The van der Waals surface area contributed by atoms with E-state index in [1.165, 1.54) is 50.7 Å². The van der Waals surface area contributed by atoms with Crippen molar-refractivity contribution in [1.29, 1.82) is 0 Å². The van der Waals surface area contributed by atoms with E-state index < -0.39 is 32.4 Å². The topological polar surface area (TPSA) is 56.1 Å². The molecule has 4 heterocycles. The first-order valence-electron chi connectivity index (χ1n) is 23.4. The van der Waals surface area contributed by atoms with E-state index in [1.54, 1.807) is 0 Å². The fraction of sp³-hybridized carbons (Fsp3) is 0.761. The Kier molecular flexibility index (Phi) is 21.7. The summed E-state index contributed by atoms with van der Waals surface area (Å²) in [6.07, 6.45) is 12.0. The fourth-order valence-corrected chi connectivity index (χ4v) is 26.3. The van der Waals surface area contributed by atoms with Gasteiger partial charge in [-0.15, -0.1) is 17.1 Å². The third kappa shape index (κ3) is 12.9. The van der Waals surface area contributed by atoms with Crippen molar-refractivity contribution in [2.75, 3.05) is 52.4 Å². The molecule has 0 saturated carbocycles. The molecule has 0 N–H and O–H groups in total. The minimum Gasteiger partial charge on any atom is -0.611 e. The molecule has 1 aromatic rings. The first kappa shape index (κ1) is 55.8. The van der Waals surface area contributed by atoms with Crippen LogP contribution in [-0.2, 0) is 4.43 Å². The Morgan fingerprint density at radius 3 is 1.51 bits per heavy atom. The van der Waals surface area contributed by atoms with Gasteiger partial charge in [0.05, 0.1) is 5.76 Å². The second kappa shape index (κ2) is 23.7. The molecule has 61 heavy (non-hydrogen) atoms. The van der Waals surface area contributed by atoms with Crippen molar-refractivity contribution in [3.05, 3.63) is 48.3 Å². The Balaban J connectivity index is 0.000000496. The monoisotopic (exact) mass is 933 g/mol. The smallest absolute Gasteiger partial charge is 0.611 e. The molecule has 1 unspecified atom stereocenters. The molecular formula is C46H89ClFLiN6O2Si4. The standard InChI is InChI=1S/C23H43N3OSi2.C14H25OSi.C9H18ClN3Si.FH.Li.H2/c1-18(2)29(19(3)4,20(5)6)27-21-11-12-22(17-21)28(7,8)26-16-10-15-25-14-9-13-24-23(25)26;1-11(2)16(12(3)4,13(5)6)15-14-9-7-8-10-14;1-14(2,10)13-8-4-7-12-6-3-5-11-9(12)13;;;/h11-12,17-20,22H,9-10,13-16H2,1-8H3;7-13H,1-6H3;3-8H2,1-2H3;1H;;1H/q;-1;;;+1;/i;;;;;1+2. The summed E-state index contributed by atoms with van der Waals surface area (Å²) in [6.45, 7) is 46.4. The van der Waals surface area contributed by atoms with Gasteiger partial charge < -0.3 is 27.8 Å². The summed E-state index contributed by atoms with van der Waals surface area (Å²) in [5.74, 6) is 4.65. The zero-order chi connectivity index (χ0) is 43.9. The summed E-state index contributed by atoms with van der Waals surface area (Å²) in [5.41, 5.74) is 4.22. The van der Waals surface area contributed by atoms with E-state index in [9.17, 15) is 0 Å². The quantitative estimate of drug-likeness (QED) is 0.112. The molecule has 1 atom stereocenters. The van der Waals surface area contributed by atoms with Crippen molar-refractivity contribution < 1.29 is 33.8 Å². The molecule has 1 aromatic carbocycles. The van der Waals surface area contributed by atoms with Crippen LogP contribution in [0.2, 0.25) is 65.0 Å². The Morgan fingerprint density at radius 2 is 1.08 bits per heavy atom. The number of nitrogens with zero attached hydrogens (tertiary/aromatic N) is 6. The molecule has 0 spiro atoms. The van der Waals surface area contributed by atoms with Gasteiger partial charge in [0.1, 0.15) is 0 Å². The molecule has 0 bridgehead atoms. The summed E-state index contributed by atoms with van der Waals surface area (Å²) < 4.78 is 18.5. The Morgan fingerprint density at radius 1 is 0.656 bits per heavy atom. The van der Waals surface area contributed by atoms with Gasteiger partial charge in [-0.1, -0.05) is 108 Å². The van der Waals surface area contributed by atoms with Gasteiger partial charge in [0.2, 0.25) is 8.32 Å².